The number of likely N-dealkylation sites (tertiary alicyclic amines) is 1. The van der Waals surface area contributed by atoms with Crippen LogP contribution in [-0.4, -0.2) is 67.3 Å². The molecule has 170 valence electrons. The first kappa shape index (κ1) is 20.1. The highest BCUT2D eigenvalue weighted by molar-refractivity contribution is 5.82. The Labute approximate surface area is 187 Å². The third-order valence-corrected chi connectivity index (χ3v) is 8.07. The first-order valence-corrected chi connectivity index (χ1v) is 11.8. The number of amides is 2. The van der Waals surface area contributed by atoms with Crippen molar-refractivity contribution in [1.82, 2.24) is 20.7 Å². The summed E-state index contributed by atoms with van der Waals surface area (Å²) in [6.07, 6.45) is 9.14. The summed E-state index contributed by atoms with van der Waals surface area (Å²) in [7, 11) is 2.22. The van der Waals surface area contributed by atoms with Crippen molar-refractivity contribution >= 4 is 12.0 Å². The number of nitrogens with zero attached hydrogens (tertiary/aromatic N) is 2. The summed E-state index contributed by atoms with van der Waals surface area (Å²) in [5, 5.41) is 4.45. The van der Waals surface area contributed by atoms with E-state index in [1.165, 1.54) is 11.1 Å². The fourth-order valence-electron chi connectivity index (χ4n) is 6.62. The van der Waals surface area contributed by atoms with E-state index in [2.05, 4.69) is 40.9 Å². The number of ether oxygens (including phenoxy) is 2. The van der Waals surface area contributed by atoms with Crippen molar-refractivity contribution < 1.29 is 19.1 Å². The Morgan fingerprint density at radius 2 is 2.09 bits per heavy atom. The van der Waals surface area contributed by atoms with E-state index in [4.69, 9.17) is 9.47 Å². The van der Waals surface area contributed by atoms with Crippen LogP contribution < -0.4 is 20.2 Å². The van der Waals surface area contributed by atoms with Gasteiger partial charge in [-0.1, -0.05) is 18.2 Å². The molecule has 32 heavy (non-hydrogen) atoms. The van der Waals surface area contributed by atoms with Crippen LogP contribution in [0.15, 0.2) is 24.3 Å². The summed E-state index contributed by atoms with van der Waals surface area (Å²) in [4.78, 5) is 27.1. The number of piperidine rings is 1. The molecule has 2 fully saturated rings. The Balaban J connectivity index is 1.21. The molecule has 0 saturated carbocycles. The largest absolute Gasteiger partial charge is 0.485 e. The van der Waals surface area contributed by atoms with Crippen molar-refractivity contribution in [2.24, 2.45) is 5.92 Å². The molecule has 2 bridgehead atoms. The van der Waals surface area contributed by atoms with Crippen LogP contribution in [0.1, 0.15) is 36.8 Å². The lowest BCUT2D eigenvalue weighted by Gasteiger charge is -2.55. The van der Waals surface area contributed by atoms with Gasteiger partial charge < -0.3 is 19.7 Å². The van der Waals surface area contributed by atoms with Crippen LogP contribution in [0.4, 0.5) is 4.79 Å². The Morgan fingerprint density at radius 1 is 1.25 bits per heavy atom. The molecule has 1 aromatic rings. The molecule has 2 aliphatic carbocycles. The predicted octanol–water partition coefficient (Wildman–Crippen LogP) is 1.74. The van der Waals surface area contributed by atoms with Gasteiger partial charge in [-0.15, -0.1) is 0 Å². The maximum absolute atomic E-state index is 12.5. The highest BCUT2D eigenvalue weighted by Crippen LogP contribution is 2.62. The Morgan fingerprint density at radius 3 is 2.94 bits per heavy atom. The van der Waals surface area contributed by atoms with Gasteiger partial charge in [0, 0.05) is 42.4 Å². The van der Waals surface area contributed by atoms with Crippen LogP contribution >= 0.6 is 0 Å². The van der Waals surface area contributed by atoms with E-state index in [1.54, 1.807) is 0 Å². The summed E-state index contributed by atoms with van der Waals surface area (Å²) >= 11 is 0. The van der Waals surface area contributed by atoms with Crippen LogP contribution in [0.2, 0.25) is 0 Å². The van der Waals surface area contributed by atoms with Crippen molar-refractivity contribution in [2.45, 2.75) is 49.7 Å². The number of hydrogen-bond acceptors (Lipinski definition) is 6. The van der Waals surface area contributed by atoms with Gasteiger partial charge in [0.05, 0.1) is 0 Å². The zero-order valence-electron chi connectivity index (χ0n) is 18.4. The second-order valence-corrected chi connectivity index (χ2v) is 9.74. The lowest BCUT2D eigenvalue weighted by atomic mass is 9.54. The van der Waals surface area contributed by atoms with E-state index in [9.17, 15) is 9.59 Å². The van der Waals surface area contributed by atoms with Crippen LogP contribution in [-0.2, 0) is 16.6 Å². The summed E-state index contributed by atoms with van der Waals surface area (Å²) in [6, 6.07) is 4.42. The zero-order chi connectivity index (χ0) is 21.9. The molecule has 8 heteroatoms. The third-order valence-electron chi connectivity index (χ3n) is 8.07. The molecule has 8 nitrogen and oxygen atoms in total. The number of hydrazine groups is 1. The second-order valence-electron chi connectivity index (χ2n) is 9.74. The molecular formula is C24H30N4O4. The molecule has 4 atom stereocenters. The van der Waals surface area contributed by atoms with Gasteiger partial charge in [0.2, 0.25) is 0 Å². The summed E-state index contributed by atoms with van der Waals surface area (Å²) < 4.78 is 12.2. The van der Waals surface area contributed by atoms with Crippen LogP contribution in [0.3, 0.4) is 0 Å². The minimum absolute atomic E-state index is 0.0275. The average molecular weight is 439 g/mol. The summed E-state index contributed by atoms with van der Waals surface area (Å²) in [6.45, 7) is 2.62. The van der Waals surface area contributed by atoms with Crippen molar-refractivity contribution in [1.29, 1.82) is 0 Å². The molecule has 2 saturated heterocycles. The second kappa shape index (κ2) is 7.49. The Hall–Kier alpha value is -2.58. The zero-order valence-corrected chi connectivity index (χ0v) is 18.4. The number of benzene rings is 1. The van der Waals surface area contributed by atoms with E-state index in [0.717, 1.165) is 57.5 Å². The maximum atomic E-state index is 12.5. The number of nitrogens with one attached hydrogen (secondary N) is 2. The van der Waals surface area contributed by atoms with Gasteiger partial charge >= 0.3 is 6.09 Å². The van der Waals surface area contributed by atoms with Crippen molar-refractivity contribution in [3.63, 3.8) is 0 Å². The topological polar surface area (TPSA) is 83.1 Å². The molecule has 3 aliphatic heterocycles. The quantitative estimate of drug-likeness (QED) is 0.697. The standard InChI is InChI=1S/C24H30N4O4/c1-27-12-9-24-16-5-4-6-19(24)32-22-18(8-7-15(21(22)24)13-17(16)27)31-23(30)25-14-20(29)26-28-10-2-3-11-28/h4-5,7-8,16-17,19H,2-3,6,9-14H2,1H3,(H,25,30)(H,26,29)/t16?,17?,19-,24+/m0/s1. The van der Waals surface area contributed by atoms with E-state index in [-0.39, 0.29) is 24.0 Å². The van der Waals surface area contributed by atoms with Gasteiger partial charge in [0.15, 0.2) is 11.5 Å². The van der Waals surface area contributed by atoms with Gasteiger partial charge in [0.1, 0.15) is 12.6 Å². The molecule has 3 heterocycles. The normalized spacial score (nSPS) is 32.2. The highest BCUT2D eigenvalue weighted by Gasteiger charge is 2.62. The predicted molar refractivity (Wildman–Crippen MR) is 117 cm³/mol. The highest BCUT2D eigenvalue weighted by atomic mass is 16.6. The molecule has 2 amide bonds. The molecule has 0 aromatic heterocycles. The van der Waals surface area contributed by atoms with Crippen molar-refractivity contribution in [3.8, 4) is 11.5 Å². The van der Waals surface area contributed by atoms with Gasteiger partial charge in [-0.25, -0.2) is 9.80 Å². The molecule has 0 radical (unpaired) electrons. The van der Waals surface area contributed by atoms with E-state index >= 15 is 0 Å². The first-order chi connectivity index (χ1) is 15.6. The maximum Gasteiger partial charge on any atom is 0.413 e. The lowest BCUT2D eigenvalue weighted by Crippen LogP contribution is -2.62. The fourth-order valence-corrected chi connectivity index (χ4v) is 6.62. The average Bonchev–Trinajstić information content (AvgIpc) is 3.41. The van der Waals surface area contributed by atoms with E-state index in [0.29, 0.717) is 17.7 Å². The molecule has 2 unspecified atom stereocenters. The number of likely N-dealkylation sites (N-methyl/N-ethyl adjacent to an activating group) is 1. The molecule has 6 rings (SSSR count). The molecule has 2 N–H and O–H groups in total. The van der Waals surface area contributed by atoms with Crippen molar-refractivity contribution in [3.05, 3.63) is 35.4 Å². The minimum atomic E-state index is -0.638. The van der Waals surface area contributed by atoms with Crippen LogP contribution in [0.25, 0.3) is 0 Å². The first-order valence-electron chi connectivity index (χ1n) is 11.8. The number of hydrogen-bond donors (Lipinski definition) is 2. The molecular weight excluding hydrogens is 408 g/mol. The van der Waals surface area contributed by atoms with E-state index < -0.39 is 6.09 Å². The number of carbonyl (C=O) groups excluding carboxylic acids is 2. The fraction of sp³-hybridized carbons (Fsp3) is 0.583. The lowest BCUT2D eigenvalue weighted by molar-refractivity contribution is -0.124. The summed E-state index contributed by atoms with van der Waals surface area (Å²) in [5.74, 6) is 1.35. The number of carbonyl (C=O) groups is 2. The van der Waals surface area contributed by atoms with Gasteiger partial charge in [-0.3, -0.25) is 10.2 Å². The van der Waals surface area contributed by atoms with Crippen LogP contribution in [0.5, 0.6) is 11.5 Å². The monoisotopic (exact) mass is 438 g/mol. The van der Waals surface area contributed by atoms with Gasteiger partial charge in [-0.2, -0.15) is 0 Å². The summed E-state index contributed by atoms with van der Waals surface area (Å²) in [5.41, 5.74) is 5.34. The Bertz CT molecular complexity index is 988. The smallest absolute Gasteiger partial charge is 0.413 e. The van der Waals surface area contributed by atoms with Crippen molar-refractivity contribution in [2.75, 3.05) is 33.2 Å². The van der Waals surface area contributed by atoms with E-state index in [1.807, 2.05) is 11.1 Å². The molecule has 5 aliphatic rings. The number of rotatable bonds is 4. The van der Waals surface area contributed by atoms with Gasteiger partial charge in [-0.05, 0) is 50.9 Å². The van der Waals surface area contributed by atoms with Gasteiger partial charge in [0.25, 0.3) is 5.91 Å². The third kappa shape index (κ3) is 2.96. The Kier molecular flexibility index (Phi) is 4.69. The molecule has 1 spiro atoms. The van der Waals surface area contributed by atoms with Crippen LogP contribution in [0, 0.1) is 5.92 Å². The molecule has 1 aromatic carbocycles. The minimum Gasteiger partial charge on any atom is -0.485 e. The SMILES string of the molecule is CN1CC[C@]23c4c5ccc(OC(=O)NCC(=O)NN6CCCC6)c4O[C@H]2CC=CC3C1C5.